The molecule has 0 bridgehead atoms. The highest BCUT2D eigenvalue weighted by Crippen LogP contribution is 2.28. The molecule has 3 saturated carbocycles. The van der Waals surface area contributed by atoms with Gasteiger partial charge >= 0.3 is 0 Å². The number of benzene rings is 3. The number of halogens is 3. The summed E-state index contributed by atoms with van der Waals surface area (Å²) in [7, 11) is 0. The van der Waals surface area contributed by atoms with E-state index in [9.17, 15) is 13.2 Å². The molecule has 0 amide bonds. The number of nitrogens with zero attached hydrogens (tertiary/aromatic N) is 8. The van der Waals surface area contributed by atoms with E-state index in [1.165, 1.54) is 36.4 Å². The average molecular weight is 1180 g/mol. The molecule has 17 nitrogen and oxygen atoms in total. The van der Waals surface area contributed by atoms with Gasteiger partial charge in [-0.05, 0) is 191 Å². The summed E-state index contributed by atoms with van der Waals surface area (Å²) in [5, 5.41) is 20.3. The van der Waals surface area contributed by atoms with Gasteiger partial charge in [0.15, 0.2) is 5.82 Å². The molecule has 0 saturated heterocycles. The van der Waals surface area contributed by atoms with Crippen molar-refractivity contribution in [3.8, 4) is 33.9 Å². The fraction of sp³-hybridized carbons (Fsp3) is 0.313. The summed E-state index contributed by atoms with van der Waals surface area (Å²) in [5.41, 5.74) is 26.0. The number of nitrogens with two attached hydrogens (primary N) is 3. The van der Waals surface area contributed by atoms with Gasteiger partial charge in [0.2, 0.25) is 5.95 Å². The topological polar surface area (TPSA) is 253 Å². The number of pyridine rings is 4. The van der Waals surface area contributed by atoms with Crippen LogP contribution in [0.1, 0.15) is 93.7 Å². The van der Waals surface area contributed by atoms with E-state index in [-0.39, 0.29) is 17.5 Å². The Bertz CT molecular complexity index is 3240. The number of hydrogen-bond donors (Lipinski definition) is 9. The van der Waals surface area contributed by atoms with Crippen molar-refractivity contribution >= 4 is 34.9 Å². The molecule has 87 heavy (non-hydrogen) atoms. The Morgan fingerprint density at radius 1 is 0.356 bits per heavy atom. The molecule has 12 N–H and O–H groups in total. The zero-order valence-electron chi connectivity index (χ0n) is 48.7. The molecule has 3 aliphatic carbocycles. The summed E-state index contributed by atoms with van der Waals surface area (Å²) in [6.07, 6.45) is 23.2. The third kappa shape index (κ3) is 19.2. The molecule has 0 aliphatic heterocycles. The van der Waals surface area contributed by atoms with Crippen LogP contribution in [0.5, 0.6) is 0 Å². The summed E-state index contributed by atoms with van der Waals surface area (Å²) in [4.78, 5) is 35.7. The van der Waals surface area contributed by atoms with Crippen molar-refractivity contribution in [2.24, 2.45) is 17.2 Å². The van der Waals surface area contributed by atoms with Crippen LogP contribution in [0.15, 0.2) is 171 Å². The number of hydrogen-bond acceptors (Lipinski definition) is 17. The predicted molar refractivity (Wildman–Crippen MR) is 341 cm³/mol. The molecule has 20 heteroatoms. The van der Waals surface area contributed by atoms with Gasteiger partial charge in [0.1, 0.15) is 40.7 Å². The van der Waals surface area contributed by atoms with E-state index in [1.54, 1.807) is 61.4 Å². The summed E-state index contributed by atoms with van der Waals surface area (Å²) in [5.74, 6) is 3.61. The van der Waals surface area contributed by atoms with E-state index in [2.05, 4.69) is 71.8 Å². The van der Waals surface area contributed by atoms with Crippen LogP contribution in [0.25, 0.3) is 33.9 Å². The third-order valence-electron chi connectivity index (χ3n) is 15.7. The van der Waals surface area contributed by atoms with Crippen molar-refractivity contribution in [1.82, 2.24) is 39.9 Å². The Hall–Kier alpha value is -9.11. The van der Waals surface area contributed by atoms with Crippen LogP contribution in [-0.4, -0.2) is 76.1 Å². The second-order valence-electron chi connectivity index (χ2n) is 22.5. The lowest BCUT2D eigenvalue weighted by Crippen LogP contribution is -2.33. The molecule has 0 unspecified atom stereocenters. The third-order valence-corrected chi connectivity index (χ3v) is 15.7. The molecular formula is C67H76F3N17. The monoisotopic (exact) mass is 1180 g/mol. The minimum Gasteiger partial charge on any atom is -0.381 e. The first-order valence-corrected chi connectivity index (χ1v) is 30.0. The highest BCUT2D eigenvalue weighted by molar-refractivity contribution is 5.67. The smallest absolute Gasteiger partial charge is 0.223 e. The summed E-state index contributed by atoms with van der Waals surface area (Å²) >= 11 is 0. The summed E-state index contributed by atoms with van der Waals surface area (Å²) < 4.78 is 40.0. The molecule has 6 aromatic heterocycles. The van der Waals surface area contributed by atoms with E-state index in [4.69, 9.17) is 17.2 Å². The van der Waals surface area contributed by atoms with Gasteiger partial charge in [-0.25, -0.2) is 48.1 Å². The SMILES string of the molecule is N[C@H]1CC[C@H](Nc2cc(-c3cc(NCc4cccc(F)c4)ccn3)ccn2)CC1.N[C@H]1CC[C@H](Nc2cc(-c3ccnc(NCc4cccc(F)c4)n3)ccn2)CC1.N[C@H]1CC[C@H](Nc2cc(-c3nccc(NCc4cccc(F)c4)n3)ccn2)CC1. The highest BCUT2D eigenvalue weighted by atomic mass is 19.1. The van der Waals surface area contributed by atoms with Gasteiger partial charge in [-0.1, -0.05) is 36.4 Å². The normalized spacial score (nSPS) is 19.0. The van der Waals surface area contributed by atoms with Crippen LogP contribution in [-0.2, 0) is 19.6 Å². The van der Waals surface area contributed by atoms with Crippen LogP contribution in [0.3, 0.4) is 0 Å². The zero-order valence-corrected chi connectivity index (χ0v) is 48.7. The van der Waals surface area contributed by atoms with Gasteiger partial charge in [0, 0.05) is 115 Å². The quantitative estimate of drug-likeness (QED) is 0.0387. The Morgan fingerprint density at radius 2 is 0.782 bits per heavy atom. The van der Waals surface area contributed by atoms with E-state index < -0.39 is 0 Å². The molecule has 450 valence electrons. The first-order valence-electron chi connectivity index (χ1n) is 30.0. The molecule has 12 rings (SSSR count). The molecule has 3 aliphatic rings. The van der Waals surface area contributed by atoms with Crippen LogP contribution in [0.2, 0.25) is 0 Å². The first-order chi connectivity index (χ1) is 42.5. The maximum atomic E-state index is 13.3. The molecule has 0 spiro atoms. The fourth-order valence-electron chi connectivity index (χ4n) is 10.8. The van der Waals surface area contributed by atoms with Crippen molar-refractivity contribution in [3.63, 3.8) is 0 Å². The Kier molecular flexibility index (Phi) is 21.6. The van der Waals surface area contributed by atoms with Gasteiger partial charge < -0.3 is 49.1 Å². The second kappa shape index (κ2) is 30.8. The molecule has 9 aromatic rings. The Labute approximate surface area is 506 Å². The van der Waals surface area contributed by atoms with Crippen LogP contribution >= 0.6 is 0 Å². The minimum atomic E-state index is -0.254. The number of rotatable bonds is 18. The maximum Gasteiger partial charge on any atom is 0.223 e. The van der Waals surface area contributed by atoms with Crippen molar-refractivity contribution in [2.75, 3.05) is 31.9 Å². The molecule has 0 radical (unpaired) electrons. The van der Waals surface area contributed by atoms with Crippen molar-refractivity contribution < 1.29 is 13.2 Å². The molecule has 6 heterocycles. The minimum absolute atomic E-state index is 0.225. The number of aromatic nitrogens is 8. The molecular weight excluding hydrogens is 1100 g/mol. The Morgan fingerprint density at radius 3 is 1.29 bits per heavy atom. The standard InChI is InChI=1S/C23H26FN5.2C22H25FN6/c24-18-3-1-2-16(12-18)15-28-21-9-11-26-22(14-21)17-8-10-27-23(13-17)29-20-6-4-19(25)5-7-20;23-17-3-1-2-15(12-17)14-27-20-9-11-26-22(29-20)16-8-10-25-21(13-16)28-19-6-4-18(24)5-7-19;23-17-3-1-2-15(12-17)14-27-22-26-11-9-20(29-22)16-8-10-25-21(13-16)28-19-6-4-18(24)5-7-19/h1-3,8-14,19-20H,4-7,15,25H2,(H,26,28)(H,27,29);2*1-3,8-13,18-19H,4-7,14,24H2,(H,25,28)(H,26,27,29)/t19-,20-;2*18-,19-. The van der Waals surface area contributed by atoms with Crippen LogP contribution in [0.4, 0.5) is 48.1 Å². The summed E-state index contributed by atoms with van der Waals surface area (Å²) in [6.45, 7) is 1.49. The lowest BCUT2D eigenvalue weighted by molar-refractivity contribution is 0.410. The predicted octanol–water partition coefficient (Wildman–Crippen LogP) is 12.5. The second-order valence-corrected chi connectivity index (χ2v) is 22.5. The van der Waals surface area contributed by atoms with Crippen molar-refractivity contribution in [1.29, 1.82) is 0 Å². The largest absolute Gasteiger partial charge is 0.381 e. The number of anilines is 6. The Balaban J connectivity index is 0.000000144. The summed E-state index contributed by atoms with van der Waals surface area (Å²) in [6, 6.07) is 41.2. The maximum absolute atomic E-state index is 13.3. The van der Waals surface area contributed by atoms with Gasteiger partial charge in [0.05, 0.1) is 11.4 Å². The number of nitrogens with one attached hydrogen (secondary N) is 6. The van der Waals surface area contributed by atoms with Crippen LogP contribution in [0, 0.1) is 17.5 Å². The van der Waals surface area contributed by atoms with E-state index >= 15 is 0 Å². The van der Waals surface area contributed by atoms with Gasteiger partial charge in [0.25, 0.3) is 0 Å². The van der Waals surface area contributed by atoms with Crippen LogP contribution < -0.4 is 49.1 Å². The average Bonchev–Trinajstić information content (AvgIpc) is 3.75. The van der Waals surface area contributed by atoms with Crippen molar-refractivity contribution in [2.45, 2.75) is 133 Å². The highest BCUT2D eigenvalue weighted by Gasteiger charge is 2.22. The lowest BCUT2D eigenvalue weighted by Gasteiger charge is -2.27. The lowest BCUT2D eigenvalue weighted by atomic mass is 9.92. The first kappa shape index (κ1) is 61.0. The van der Waals surface area contributed by atoms with Gasteiger partial charge in [-0.2, -0.15) is 0 Å². The van der Waals surface area contributed by atoms with E-state index in [0.29, 0.717) is 73.5 Å². The molecule has 0 atom stereocenters. The van der Waals surface area contributed by atoms with Gasteiger partial charge in [-0.3, -0.25) is 4.98 Å². The van der Waals surface area contributed by atoms with E-state index in [1.807, 2.05) is 72.8 Å². The van der Waals surface area contributed by atoms with E-state index in [0.717, 1.165) is 145 Å². The van der Waals surface area contributed by atoms with Gasteiger partial charge in [-0.15, -0.1) is 0 Å². The molecule has 3 aromatic carbocycles. The van der Waals surface area contributed by atoms with Crippen molar-refractivity contribution in [3.05, 3.63) is 205 Å². The molecule has 3 fully saturated rings. The fourth-order valence-corrected chi connectivity index (χ4v) is 10.8. The zero-order chi connectivity index (χ0) is 60.2.